The van der Waals surface area contributed by atoms with Gasteiger partial charge < -0.3 is 9.47 Å². The van der Waals surface area contributed by atoms with Gasteiger partial charge >= 0.3 is 12.0 Å². The molecule has 3 heterocycles. The third-order valence-corrected chi connectivity index (χ3v) is 8.03. The molecule has 10 heteroatoms. The molecule has 41 heavy (non-hydrogen) atoms. The number of hydrazone groups is 1. The number of fused-ring (bicyclic) bond motifs is 4. The minimum atomic E-state index is -1.94. The van der Waals surface area contributed by atoms with Crippen LogP contribution in [0.15, 0.2) is 84.0 Å². The molecular formula is C31H28N4O6. The lowest BCUT2D eigenvalue weighted by atomic mass is 9.64. The van der Waals surface area contributed by atoms with Crippen molar-refractivity contribution in [3.05, 3.63) is 101 Å². The van der Waals surface area contributed by atoms with Crippen LogP contribution in [-0.4, -0.2) is 59.7 Å². The molecule has 0 aromatic heterocycles. The van der Waals surface area contributed by atoms with Gasteiger partial charge in [-0.15, -0.1) is 0 Å². The summed E-state index contributed by atoms with van der Waals surface area (Å²) >= 11 is 0. The van der Waals surface area contributed by atoms with Crippen molar-refractivity contribution in [3.8, 4) is 5.75 Å². The minimum absolute atomic E-state index is 0.0580. The van der Waals surface area contributed by atoms with Gasteiger partial charge in [0, 0.05) is 5.92 Å². The Morgan fingerprint density at radius 1 is 0.976 bits per heavy atom. The Morgan fingerprint density at radius 2 is 1.68 bits per heavy atom. The topological polar surface area (TPSA) is 118 Å². The Labute approximate surface area is 236 Å². The number of methoxy groups -OCH3 is 1. The number of carbonyl (C=O) groups excluding carboxylic acids is 4. The van der Waals surface area contributed by atoms with E-state index in [0.717, 1.165) is 4.90 Å². The van der Waals surface area contributed by atoms with Crippen LogP contribution in [0.4, 0.5) is 4.79 Å². The summed E-state index contributed by atoms with van der Waals surface area (Å²) in [6, 6.07) is 20.3. The number of hydrogen-bond donors (Lipinski definition) is 1. The fourth-order valence-electron chi connectivity index (χ4n) is 6.31. The lowest BCUT2D eigenvalue weighted by Gasteiger charge is -2.44. The summed E-state index contributed by atoms with van der Waals surface area (Å²) in [5.41, 5.74) is 0.648. The van der Waals surface area contributed by atoms with E-state index in [9.17, 15) is 19.2 Å². The third kappa shape index (κ3) is 3.97. The first kappa shape index (κ1) is 26.2. The number of barbiturate groups is 1. The summed E-state index contributed by atoms with van der Waals surface area (Å²) in [5.74, 6) is -2.61. The predicted octanol–water partition coefficient (Wildman–Crippen LogP) is 3.38. The smallest absolute Gasteiger partial charge is 0.331 e. The van der Waals surface area contributed by atoms with Gasteiger partial charge in [-0.25, -0.2) is 9.59 Å². The van der Waals surface area contributed by atoms with Crippen molar-refractivity contribution in [3.63, 3.8) is 0 Å². The summed E-state index contributed by atoms with van der Waals surface area (Å²) in [6.45, 7) is 1.73. The number of esters is 1. The lowest BCUT2D eigenvalue weighted by molar-refractivity contribution is -0.155. The second kappa shape index (κ2) is 10.2. The maximum atomic E-state index is 14.9. The molecule has 3 aromatic rings. The van der Waals surface area contributed by atoms with E-state index in [2.05, 4.69) is 10.4 Å². The molecule has 0 radical (unpaired) electrons. The lowest BCUT2D eigenvalue weighted by Crippen LogP contribution is -2.66. The molecule has 3 aromatic carbocycles. The zero-order chi connectivity index (χ0) is 28.7. The quantitative estimate of drug-likeness (QED) is 0.368. The van der Waals surface area contributed by atoms with Crippen LogP contribution < -0.4 is 10.1 Å². The van der Waals surface area contributed by atoms with Crippen LogP contribution in [0.3, 0.4) is 0 Å². The molecule has 1 spiro atoms. The molecule has 2 fully saturated rings. The van der Waals surface area contributed by atoms with E-state index >= 15 is 0 Å². The number of carbonyl (C=O) groups is 4. The van der Waals surface area contributed by atoms with Crippen molar-refractivity contribution < 1.29 is 28.7 Å². The SMILES string of the molecule is CCOC(=O)[C@H]1[C@@H](c2ccc(OC)cc2)[C@]2(C(=O)NC(=O)N(Cc3ccccc3)C2=O)[C@H]2c3ccccc3C=NN12. The number of urea groups is 1. The Kier molecular flexibility index (Phi) is 6.53. The summed E-state index contributed by atoms with van der Waals surface area (Å²) < 4.78 is 10.8. The average Bonchev–Trinajstić information content (AvgIpc) is 3.32. The monoisotopic (exact) mass is 552 g/mol. The summed E-state index contributed by atoms with van der Waals surface area (Å²) in [6.07, 6.45) is 1.61. The second-order valence-electron chi connectivity index (χ2n) is 10.1. The predicted molar refractivity (Wildman–Crippen MR) is 148 cm³/mol. The third-order valence-electron chi connectivity index (χ3n) is 8.03. The molecule has 4 amide bonds. The summed E-state index contributed by atoms with van der Waals surface area (Å²) in [5, 5.41) is 8.59. The molecule has 0 aliphatic carbocycles. The number of benzene rings is 3. The van der Waals surface area contributed by atoms with Crippen molar-refractivity contribution >= 4 is 30.0 Å². The van der Waals surface area contributed by atoms with Gasteiger partial charge in [-0.05, 0) is 41.3 Å². The highest BCUT2D eigenvalue weighted by Crippen LogP contribution is 2.61. The maximum absolute atomic E-state index is 14.9. The van der Waals surface area contributed by atoms with E-state index in [4.69, 9.17) is 9.47 Å². The zero-order valence-electron chi connectivity index (χ0n) is 22.5. The number of imide groups is 2. The van der Waals surface area contributed by atoms with Crippen LogP contribution >= 0.6 is 0 Å². The zero-order valence-corrected chi connectivity index (χ0v) is 22.5. The van der Waals surface area contributed by atoms with Gasteiger partial charge in [-0.1, -0.05) is 66.7 Å². The summed E-state index contributed by atoms with van der Waals surface area (Å²) in [7, 11) is 1.53. The molecule has 0 bridgehead atoms. The first-order valence-electron chi connectivity index (χ1n) is 13.3. The molecule has 3 aliphatic heterocycles. The van der Waals surface area contributed by atoms with Crippen LogP contribution in [0, 0.1) is 5.41 Å². The van der Waals surface area contributed by atoms with Gasteiger partial charge in [0.25, 0.3) is 0 Å². The first-order chi connectivity index (χ1) is 19.9. The van der Waals surface area contributed by atoms with Crippen LogP contribution in [-0.2, 0) is 25.7 Å². The van der Waals surface area contributed by atoms with Gasteiger partial charge in [-0.2, -0.15) is 5.10 Å². The van der Waals surface area contributed by atoms with Gasteiger partial charge in [0.1, 0.15) is 5.75 Å². The standard InChI is InChI=1S/C31H28N4O6/c1-3-41-27(36)25-24(20-13-15-22(40-2)16-14-20)31(26-23-12-8-7-11-21(23)17-32-35(25)26)28(37)33-30(39)34(29(31)38)18-19-9-5-4-6-10-19/h4-17,24-26H,3,18H2,1-2H3,(H,33,37,39)/t24-,25-,26-,31-/m1/s1. The van der Waals surface area contributed by atoms with Gasteiger partial charge in [-0.3, -0.25) is 24.8 Å². The molecule has 208 valence electrons. The Balaban J connectivity index is 1.61. The number of hydrogen-bond acceptors (Lipinski definition) is 8. The molecular weight excluding hydrogens is 524 g/mol. The summed E-state index contributed by atoms with van der Waals surface area (Å²) in [4.78, 5) is 57.2. The van der Waals surface area contributed by atoms with Gasteiger partial charge in [0.05, 0.1) is 32.5 Å². The largest absolute Gasteiger partial charge is 0.497 e. The van der Waals surface area contributed by atoms with Crippen molar-refractivity contribution in [1.82, 2.24) is 15.2 Å². The average molecular weight is 553 g/mol. The second-order valence-corrected chi connectivity index (χ2v) is 10.1. The van der Waals surface area contributed by atoms with E-state index in [-0.39, 0.29) is 13.2 Å². The van der Waals surface area contributed by atoms with E-state index in [1.165, 1.54) is 12.1 Å². The fraction of sp³-hybridized carbons (Fsp3) is 0.258. The highest BCUT2D eigenvalue weighted by Gasteiger charge is 2.73. The molecule has 1 N–H and O–H groups in total. The number of nitrogens with one attached hydrogen (secondary N) is 1. The molecule has 4 atom stereocenters. The van der Waals surface area contributed by atoms with Crippen molar-refractivity contribution in [2.75, 3.05) is 13.7 Å². The van der Waals surface area contributed by atoms with Crippen LogP contribution in [0.25, 0.3) is 0 Å². The van der Waals surface area contributed by atoms with Crippen LogP contribution in [0.5, 0.6) is 5.75 Å². The minimum Gasteiger partial charge on any atom is -0.497 e. The Hall–Kier alpha value is -4.99. The molecule has 3 aliphatic rings. The maximum Gasteiger partial charge on any atom is 0.331 e. The van der Waals surface area contributed by atoms with Crippen molar-refractivity contribution in [1.29, 1.82) is 0 Å². The highest BCUT2D eigenvalue weighted by molar-refractivity contribution is 6.21. The number of amides is 4. The molecule has 2 saturated heterocycles. The van der Waals surface area contributed by atoms with Gasteiger partial charge in [0.2, 0.25) is 11.8 Å². The van der Waals surface area contributed by atoms with Gasteiger partial charge in [0.15, 0.2) is 11.5 Å². The highest BCUT2D eigenvalue weighted by atomic mass is 16.5. The molecule has 0 saturated carbocycles. The molecule has 6 rings (SSSR count). The van der Waals surface area contributed by atoms with Crippen LogP contribution in [0.1, 0.15) is 41.1 Å². The first-order valence-corrected chi connectivity index (χ1v) is 13.3. The van der Waals surface area contributed by atoms with Crippen molar-refractivity contribution in [2.24, 2.45) is 10.5 Å². The number of rotatable bonds is 6. The van der Waals surface area contributed by atoms with Crippen LogP contribution in [0.2, 0.25) is 0 Å². The van der Waals surface area contributed by atoms with E-state index in [0.29, 0.717) is 28.0 Å². The fourth-order valence-corrected chi connectivity index (χ4v) is 6.31. The number of ether oxygens (including phenoxy) is 2. The van der Waals surface area contributed by atoms with Crippen molar-refractivity contribution in [2.45, 2.75) is 31.5 Å². The Morgan fingerprint density at radius 3 is 2.39 bits per heavy atom. The van der Waals surface area contributed by atoms with E-state index in [1.54, 1.807) is 49.5 Å². The normalized spacial score (nSPS) is 24.6. The number of nitrogens with zero attached hydrogens (tertiary/aromatic N) is 3. The Bertz CT molecular complexity index is 1560. The van der Waals surface area contributed by atoms with E-state index in [1.807, 2.05) is 42.5 Å². The molecule has 10 nitrogen and oxygen atoms in total. The molecule has 0 unspecified atom stereocenters. The van der Waals surface area contributed by atoms with E-state index < -0.39 is 47.2 Å².